The number of thiophene rings is 1. The van der Waals surface area contributed by atoms with Gasteiger partial charge in [0.15, 0.2) is 10.9 Å². The minimum Gasteiger partial charge on any atom is -0.481 e. The number of hydrogen-bond acceptors (Lipinski definition) is 10. The van der Waals surface area contributed by atoms with E-state index in [2.05, 4.69) is 25.3 Å². The number of carbonyl (C=O) groups is 1. The molecule has 2 aromatic heterocycles. The van der Waals surface area contributed by atoms with Crippen LogP contribution in [-0.2, 0) is 27.6 Å². The lowest BCUT2D eigenvalue weighted by Gasteiger charge is -2.13. The van der Waals surface area contributed by atoms with E-state index in [1.165, 1.54) is 55.1 Å². The van der Waals surface area contributed by atoms with E-state index in [-0.39, 0.29) is 40.3 Å². The van der Waals surface area contributed by atoms with Crippen molar-refractivity contribution in [2.24, 2.45) is 0 Å². The molecular weight excluding hydrogens is 575 g/mol. The molecule has 3 aromatic rings. The Bertz CT molecular complexity index is 1450. The van der Waals surface area contributed by atoms with Crippen LogP contribution >= 0.6 is 23.6 Å². The van der Waals surface area contributed by atoms with Gasteiger partial charge in [0.1, 0.15) is 5.00 Å². The van der Waals surface area contributed by atoms with Crippen LogP contribution in [-0.4, -0.2) is 50.3 Å². The predicted octanol–water partition coefficient (Wildman–Crippen LogP) is 5.00. The Morgan fingerprint density at radius 3 is 2.42 bits per heavy atom. The number of methoxy groups -OCH3 is 2. The normalized spacial score (nSPS) is 13.3. The lowest BCUT2D eigenvalue weighted by Crippen LogP contribution is -2.20. The van der Waals surface area contributed by atoms with E-state index in [0.717, 1.165) is 37.7 Å². The molecule has 3 N–H and O–H groups in total. The molecule has 4 rings (SSSR count). The van der Waals surface area contributed by atoms with E-state index in [0.29, 0.717) is 16.3 Å². The molecule has 0 saturated carbocycles. The smallest absolute Gasteiger partial charge is 0.341 e. The largest absolute Gasteiger partial charge is 0.481 e. The molecule has 0 bridgehead atoms. The minimum absolute atomic E-state index is 0.00117. The summed E-state index contributed by atoms with van der Waals surface area (Å²) in [7, 11) is -1.20. The number of thiocarbonyl (C=S) groups is 1. The van der Waals surface area contributed by atoms with E-state index in [4.69, 9.17) is 26.4 Å². The molecule has 11 nitrogen and oxygen atoms in total. The number of rotatable bonds is 9. The highest BCUT2D eigenvalue weighted by Gasteiger charge is 2.26. The third kappa shape index (κ3) is 7.17. The minimum atomic E-state index is -3.96. The highest BCUT2D eigenvalue weighted by Crippen LogP contribution is 2.37. The number of nitrogens with zero attached hydrogens (tertiary/aromatic N) is 2. The van der Waals surface area contributed by atoms with Crippen LogP contribution in [0, 0.1) is 0 Å². The summed E-state index contributed by atoms with van der Waals surface area (Å²) in [5, 5.41) is 7.15. The molecule has 40 heavy (non-hydrogen) atoms. The van der Waals surface area contributed by atoms with Gasteiger partial charge in [0.2, 0.25) is 5.88 Å². The molecule has 214 valence electrons. The topological polar surface area (TPSA) is 141 Å². The van der Waals surface area contributed by atoms with Gasteiger partial charge in [-0.3, -0.25) is 4.72 Å². The molecular formula is C26H31N5O6S3. The summed E-state index contributed by atoms with van der Waals surface area (Å²) in [6, 6.07) is 7.35. The number of ether oxygens (including phenoxy) is 3. The number of benzene rings is 1. The van der Waals surface area contributed by atoms with Crippen molar-refractivity contribution in [1.29, 1.82) is 0 Å². The second-order valence-electron chi connectivity index (χ2n) is 8.83. The molecule has 0 aliphatic heterocycles. The highest BCUT2D eigenvalue weighted by molar-refractivity contribution is 7.92. The Morgan fingerprint density at radius 1 is 1.02 bits per heavy atom. The average Bonchev–Trinajstić information content (AvgIpc) is 3.23. The molecule has 1 aliphatic rings. The van der Waals surface area contributed by atoms with Gasteiger partial charge in [-0.15, -0.1) is 11.3 Å². The van der Waals surface area contributed by atoms with E-state index in [1.807, 2.05) is 0 Å². The molecule has 0 spiro atoms. The van der Waals surface area contributed by atoms with Crippen molar-refractivity contribution in [3.8, 4) is 11.9 Å². The van der Waals surface area contributed by atoms with Crippen LogP contribution in [0.25, 0.3) is 0 Å². The molecule has 0 amide bonds. The number of sulfonamides is 1. The lowest BCUT2D eigenvalue weighted by molar-refractivity contribution is 0.0526. The van der Waals surface area contributed by atoms with E-state index in [9.17, 15) is 13.2 Å². The van der Waals surface area contributed by atoms with E-state index in [1.54, 1.807) is 19.1 Å². The summed E-state index contributed by atoms with van der Waals surface area (Å²) in [6.45, 7) is 2.07. The first-order valence-electron chi connectivity index (χ1n) is 12.7. The molecule has 0 saturated heterocycles. The zero-order valence-corrected chi connectivity index (χ0v) is 24.9. The number of fused-ring (bicyclic) bond motifs is 1. The van der Waals surface area contributed by atoms with Crippen molar-refractivity contribution in [2.45, 2.75) is 50.3 Å². The summed E-state index contributed by atoms with van der Waals surface area (Å²) in [5.74, 6) is -0.209. The van der Waals surface area contributed by atoms with Gasteiger partial charge in [0, 0.05) is 16.6 Å². The van der Waals surface area contributed by atoms with Gasteiger partial charge < -0.3 is 24.8 Å². The zero-order valence-electron chi connectivity index (χ0n) is 22.4. The van der Waals surface area contributed by atoms with Crippen LogP contribution in [0.5, 0.6) is 11.9 Å². The first-order chi connectivity index (χ1) is 19.2. The maximum Gasteiger partial charge on any atom is 0.341 e. The summed E-state index contributed by atoms with van der Waals surface area (Å²) in [5.41, 5.74) is 2.17. The van der Waals surface area contributed by atoms with Crippen LogP contribution in [0.2, 0.25) is 0 Å². The van der Waals surface area contributed by atoms with Crippen molar-refractivity contribution in [3.05, 3.63) is 46.3 Å². The van der Waals surface area contributed by atoms with Crippen molar-refractivity contribution >= 4 is 61.2 Å². The first kappa shape index (κ1) is 29.5. The van der Waals surface area contributed by atoms with Gasteiger partial charge in [0.25, 0.3) is 10.0 Å². The fraction of sp³-hybridized carbons (Fsp3) is 0.385. The molecule has 1 aliphatic carbocycles. The molecule has 14 heteroatoms. The predicted molar refractivity (Wildman–Crippen MR) is 158 cm³/mol. The highest BCUT2D eigenvalue weighted by atomic mass is 32.2. The Balaban J connectivity index is 1.47. The van der Waals surface area contributed by atoms with Crippen LogP contribution < -0.4 is 24.8 Å². The van der Waals surface area contributed by atoms with Gasteiger partial charge in [0.05, 0.1) is 31.3 Å². The first-order valence-corrected chi connectivity index (χ1v) is 15.4. The fourth-order valence-electron chi connectivity index (χ4n) is 4.26. The van der Waals surface area contributed by atoms with Crippen LogP contribution in [0.3, 0.4) is 0 Å². The maximum atomic E-state index is 12.9. The van der Waals surface area contributed by atoms with Crippen LogP contribution in [0.1, 0.15) is 53.4 Å². The number of aryl methyl sites for hydroxylation is 1. The lowest BCUT2D eigenvalue weighted by atomic mass is 9.96. The summed E-state index contributed by atoms with van der Waals surface area (Å²) < 4.78 is 43.7. The Hall–Kier alpha value is -3.49. The number of aromatic nitrogens is 2. The Kier molecular flexibility index (Phi) is 9.76. The van der Waals surface area contributed by atoms with Crippen molar-refractivity contribution in [2.75, 3.05) is 36.2 Å². The summed E-state index contributed by atoms with van der Waals surface area (Å²) in [4.78, 5) is 22.0. The van der Waals surface area contributed by atoms with Crippen LogP contribution in [0.15, 0.2) is 35.2 Å². The van der Waals surface area contributed by atoms with Crippen molar-refractivity contribution in [3.63, 3.8) is 0 Å². The third-order valence-corrected chi connectivity index (χ3v) is 8.90. The van der Waals surface area contributed by atoms with Gasteiger partial charge in [-0.1, -0.05) is 12.8 Å². The van der Waals surface area contributed by atoms with Crippen molar-refractivity contribution in [1.82, 2.24) is 9.97 Å². The quantitative estimate of drug-likeness (QED) is 0.224. The molecule has 0 unspecified atom stereocenters. The zero-order chi connectivity index (χ0) is 28.7. The number of nitrogens with one attached hydrogen (secondary N) is 3. The number of hydrogen-bond donors (Lipinski definition) is 3. The maximum absolute atomic E-state index is 12.9. The van der Waals surface area contributed by atoms with E-state index < -0.39 is 10.0 Å². The fourth-order valence-corrected chi connectivity index (χ4v) is 6.82. The standard InChI is InChI=1S/C26H31N5O6S3/c1-4-37-24(32)22-18-9-7-5-6-8-10-19(18)39-23(22)30-26(38)27-16-11-13-17(14-12-16)40(33,34)31-20-15-21(35-2)29-25(28-20)36-3/h11-15H,4-10H2,1-3H3,(H2,27,30,38)(H,28,29,31). The van der Waals surface area contributed by atoms with E-state index >= 15 is 0 Å². The monoisotopic (exact) mass is 605 g/mol. The summed E-state index contributed by atoms with van der Waals surface area (Å²) in [6.07, 6.45) is 6.19. The number of esters is 1. The Labute approximate surface area is 242 Å². The number of anilines is 3. The second kappa shape index (κ2) is 13.2. The molecule has 1 aromatic carbocycles. The third-order valence-electron chi connectivity index (χ3n) is 6.11. The molecule has 0 radical (unpaired) electrons. The molecule has 0 atom stereocenters. The number of carbonyl (C=O) groups excluding carboxylic acids is 1. The molecule has 2 heterocycles. The van der Waals surface area contributed by atoms with Crippen molar-refractivity contribution < 1.29 is 27.4 Å². The second-order valence-corrected chi connectivity index (χ2v) is 12.0. The Morgan fingerprint density at radius 2 is 1.75 bits per heavy atom. The van der Waals surface area contributed by atoms with Gasteiger partial charge >= 0.3 is 12.0 Å². The van der Waals surface area contributed by atoms with Gasteiger partial charge in [-0.25, -0.2) is 13.2 Å². The summed E-state index contributed by atoms with van der Waals surface area (Å²) >= 11 is 7.06. The van der Waals surface area contributed by atoms with Gasteiger partial charge in [-0.2, -0.15) is 9.97 Å². The molecule has 0 fully saturated rings. The average molecular weight is 606 g/mol. The van der Waals surface area contributed by atoms with Gasteiger partial charge in [-0.05, 0) is 74.7 Å². The van der Waals surface area contributed by atoms with Crippen LogP contribution in [0.4, 0.5) is 16.5 Å². The SMILES string of the molecule is CCOC(=O)c1c(NC(=S)Nc2ccc(S(=O)(=O)Nc3cc(OC)nc(OC)n3)cc2)sc2c1CCCCCC2.